The summed E-state index contributed by atoms with van der Waals surface area (Å²) in [6.07, 6.45) is 5.27. The van der Waals surface area contributed by atoms with E-state index in [0.717, 1.165) is 10.9 Å². The maximum Gasteiger partial charge on any atom is 0.315 e. The van der Waals surface area contributed by atoms with Crippen LogP contribution in [0, 0.1) is 0 Å². The van der Waals surface area contributed by atoms with Crippen LogP contribution in [0.4, 0.5) is 4.79 Å². The van der Waals surface area contributed by atoms with E-state index in [1.165, 1.54) is 10.6 Å². The molecular weight excluding hydrogens is 416 g/mol. The molecule has 0 saturated carbocycles. The molecule has 2 amide bonds. The van der Waals surface area contributed by atoms with Crippen LogP contribution in [-0.4, -0.2) is 42.4 Å². The normalized spacial score (nSPS) is 12.3. The molecule has 2 aromatic heterocycles. The second-order valence-corrected chi connectivity index (χ2v) is 10.2. The minimum atomic E-state index is -3.76. The molecule has 8 nitrogen and oxygen atoms in total. The number of carbonyl (C=O) groups excluding carboxylic acids is 1. The minimum absolute atomic E-state index is 0.203. The zero-order chi connectivity index (χ0) is 22.5. The molecule has 3 rings (SSSR count). The third-order valence-corrected chi connectivity index (χ3v) is 6.37. The molecule has 0 saturated heterocycles. The fourth-order valence-electron chi connectivity index (χ4n) is 3.07. The highest BCUT2D eigenvalue weighted by Gasteiger charge is 2.25. The van der Waals surface area contributed by atoms with Crippen LogP contribution in [0.5, 0.6) is 0 Å². The molecular formula is C22H28N4O4S. The molecule has 0 atom stereocenters. The lowest BCUT2D eigenvalue weighted by Gasteiger charge is -2.23. The van der Waals surface area contributed by atoms with Gasteiger partial charge in [0.15, 0.2) is 0 Å². The molecule has 0 spiro atoms. The third-order valence-electron chi connectivity index (χ3n) is 4.53. The van der Waals surface area contributed by atoms with Crippen molar-refractivity contribution >= 4 is 27.0 Å². The second kappa shape index (κ2) is 9.49. The third kappa shape index (κ3) is 6.28. The van der Waals surface area contributed by atoms with Crippen LogP contribution in [-0.2, 0) is 16.6 Å². The number of rotatable bonds is 8. The van der Waals surface area contributed by atoms with Crippen molar-refractivity contribution in [2.24, 2.45) is 0 Å². The number of amides is 2. The molecule has 0 fully saturated rings. The quantitative estimate of drug-likeness (QED) is 0.518. The van der Waals surface area contributed by atoms with Gasteiger partial charge in [-0.05, 0) is 69.2 Å². The van der Waals surface area contributed by atoms with E-state index in [1.54, 1.807) is 48.8 Å². The van der Waals surface area contributed by atoms with Gasteiger partial charge in [0.2, 0.25) is 10.0 Å². The van der Waals surface area contributed by atoms with Gasteiger partial charge >= 0.3 is 6.03 Å². The lowest BCUT2D eigenvalue weighted by atomic mass is 10.1. The van der Waals surface area contributed by atoms with Crippen molar-refractivity contribution in [3.05, 3.63) is 60.6 Å². The summed E-state index contributed by atoms with van der Waals surface area (Å²) in [6.45, 7) is 6.50. The SMILES string of the molecule is CC(C)(C)NC(=O)NCCCN(Cc1ccncc1)S(=O)(=O)c1ccc2occc2c1. The number of nitrogens with one attached hydrogen (secondary N) is 2. The van der Waals surface area contributed by atoms with Crippen molar-refractivity contribution < 1.29 is 17.6 Å². The van der Waals surface area contributed by atoms with Crippen molar-refractivity contribution in [2.45, 2.75) is 44.2 Å². The summed E-state index contributed by atoms with van der Waals surface area (Å²) >= 11 is 0. The van der Waals surface area contributed by atoms with Gasteiger partial charge in [-0.25, -0.2) is 13.2 Å². The summed E-state index contributed by atoms with van der Waals surface area (Å²) in [7, 11) is -3.76. The molecule has 0 aliphatic rings. The van der Waals surface area contributed by atoms with E-state index in [2.05, 4.69) is 15.6 Å². The Labute approximate surface area is 182 Å². The van der Waals surface area contributed by atoms with E-state index in [1.807, 2.05) is 20.8 Å². The van der Waals surface area contributed by atoms with Crippen LogP contribution in [0.3, 0.4) is 0 Å². The Kier molecular flexibility index (Phi) is 6.97. The van der Waals surface area contributed by atoms with Gasteiger partial charge in [0.25, 0.3) is 0 Å². The molecule has 1 aromatic carbocycles. The van der Waals surface area contributed by atoms with Crippen LogP contribution in [0.2, 0.25) is 0 Å². The molecule has 0 unspecified atom stereocenters. The number of nitrogens with zero attached hydrogens (tertiary/aromatic N) is 2. The first kappa shape index (κ1) is 22.8. The number of aromatic nitrogens is 1. The molecule has 2 heterocycles. The summed E-state index contributed by atoms with van der Waals surface area (Å²) < 4.78 is 33.5. The van der Waals surface area contributed by atoms with Crippen molar-refractivity contribution in [3.8, 4) is 0 Å². The highest BCUT2D eigenvalue weighted by molar-refractivity contribution is 7.89. The first-order valence-corrected chi connectivity index (χ1v) is 11.5. The highest BCUT2D eigenvalue weighted by Crippen LogP contribution is 2.24. The number of benzene rings is 1. The number of furan rings is 1. The first-order chi connectivity index (χ1) is 14.6. The van der Waals surface area contributed by atoms with Crippen LogP contribution >= 0.6 is 0 Å². The smallest absolute Gasteiger partial charge is 0.315 e. The lowest BCUT2D eigenvalue weighted by Crippen LogP contribution is -2.47. The average Bonchev–Trinajstić information content (AvgIpc) is 3.17. The van der Waals surface area contributed by atoms with Crippen molar-refractivity contribution in [1.29, 1.82) is 0 Å². The summed E-state index contributed by atoms with van der Waals surface area (Å²) in [6, 6.07) is 9.86. The van der Waals surface area contributed by atoms with Gasteiger partial charge in [0.05, 0.1) is 11.2 Å². The summed E-state index contributed by atoms with van der Waals surface area (Å²) in [5.41, 5.74) is 1.13. The zero-order valence-corrected chi connectivity index (χ0v) is 18.8. The Morgan fingerprint density at radius 3 is 2.58 bits per heavy atom. The van der Waals surface area contributed by atoms with Crippen molar-refractivity contribution in [3.63, 3.8) is 0 Å². The molecule has 0 aliphatic heterocycles. The van der Waals surface area contributed by atoms with Gasteiger partial charge in [-0.15, -0.1) is 0 Å². The van der Waals surface area contributed by atoms with Gasteiger partial charge in [0.1, 0.15) is 5.58 Å². The van der Waals surface area contributed by atoms with E-state index in [0.29, 0.717) is 18.5 Å². The maximum atomic E-state index is 13.4. The molecule has 0 radical (unpaired) electrons. The number of fused-ring (bicyclic) bond motifs is 1. The predicted molar refractivity (Wildman–Crippen MR) is 119 cm³/mol. The average molecular weight is 445 g/mol. The van der Waals surface area contributed by atoms with Crippen LogP contribution in [0.15, 0.2) is 64.4 Å². The largest absolute Gasteiger partial charge is 0.464 e. The first-order valence-electron chi connectivity index (χ1n) is 10.1. The van der Waals surface area contributed by atoms with Crippen LogP contribution < -0.4 is 10.6 Å². The minimum Gasteiger partial charge on any atom is -0.464 e. The van der Waals surface area contributed by atoms with E-state index < -0.39 is 10.0 Å². The van der Waals surface area contributed by atoms with Gasteiger partial charge in [-0.2, -0.15) is 4.31 Å². The fourth-order valence-corrected chi connectivity index (χ4v) is 4.57. The molecule has 0 aliphatic carbocycles. The van der Waals surface area contributed by atoms with Crippen molar-refractivity contribution in [1.82, 2.24) is 19.9 Å². The van der Waals surface area contributed by atoms with Gasteiger partial charge in [-0.3, -0.25) is 4.98 Å². The Balaban J connectivity index is 1.73. The predicted octanol–water partition coefficient (Wildman–Crippen LogP) is 3.51. The standard InChI is InChI=1S/C22H28N4O4S/c1-22(2,3)25-21(27)24-10-4-13-26(16-17-7-11-23-12-8-17)31(28,29)19-5-6-20-18(15-19)9-14-30-20/h5-9,11-12,14-15H,4,10,13,16H2,1-3H3,(H2,24,25,27). The lowest BCUT2D eigenvalue weighted by molar-refractivity contribution is 0.231. The molecule has 166 valence electrons. The van der Waals surface area contributed by atoms with Gasteiger partial charge < -0.3 is 15.1 Å². The molecule has 3 aromatic rings. The molecule has 0 bridgehead atoms. The Morgan fingerprint density at radius 1 is 1.13 bits per heavy atom. The Hall–Kier alpha value is -2.91. The Morgan fingerprint density at radius 2 is 1.87 bits per heavy atom. The summed E-state index contributed by atoms with van der Waals surface area (Å²) in [5.74, 6) is 0. The number of pyridine rings is 1. The van der Waals surface area contributed by atoms with E-state index in [4.69, 9.17) is 4.42 Å². The number of hydrogen-bond acceptors (Lipinski definition) is 5. The molecule has 2 N–H and O–H groups in total. The number of carbonyl (C=O) groups is 1. The van der Waals surface area contributed by atoms with E-state index in [-0.39, 0.29) is 29.6 Å². The highest BCUT2D eigenvalue weighted by atomic mass is 32.2. The topological polar surface area (TPSA) is 105 Å². The number of hydrogen-bond donors (Lipinski definition) is 2. The number of sulfonamides is 1. The van der Waals surface area contributed by atoms with E-state index in [9.17, 15) is 13.2 Å². The molecule has 31 heavy (non-hydrogen) atoms. The summed E-state index contributed by atoms with van der Waals surface area (Å²) in [5, 5.41) is 6.32. The Bertz CT molecular complexity index is 1120. The molecule has 9 heteroatoms. The van der Waals surface area contributed by atoms with E-state index >= 15 is 0 Å². The summed E-state index contributed by atoms with van der Waals surface area (Å²) in [4.78, 5) is 16.1. The maximum absolute atomic E-state index is 13.4. The van der Waals surface area contributed by atoms with Crippen LogP contribution in [0.25, 0.3) is 11.0 Å². The van der Waals surface area contributed by atoms with Crippen molar-refractivity contribution in [2.75, 3.05) is 13.1 Å². The zero-order valence-electron chi connectivity index (χ0n) is 18.0. The number of urea groups is 1. The van der Waals surface area contributed by atoms with Crippen LogP contribution in [0.1, 0.15) is 32.8 Å². The van der Waals surface area contributed by atoms with Gasteiger partial charge in [0, 0.05) is 43.0 Å². The fraction of sp³-hybridized carbons (Fsp3) is 0.364. The van der Waals surface area contributed by atoms with Gasteiger partial charge in [-0.1, -0.05) is 0 Å². The second-order valence-electron chi connectivity index (χ2n) is 8.30. The monoisotopic (exact) mass is 444 g/mol.